The van der Waals surface area contributed by atoms with E-state index in [1.165, 1.54) is 24.9 Å². The van der Waals surface area contributed by atoms with Gasteiger partial charge in [0.05, 0.1) is 14.2 Å². The van der Waals surface area contributed by atoms with E-state index >= 15 is 0 Å². The van der Waals surface area contributed by atoms with Crippen LogP contribution in [0.1, 0.15) is 27.9 Å². The van der Waals surface area contributed by atoms with Crippen molar-refractivity contribution in [1.82, 2.24) is 4.57 Å². The van der Waals surface area contributed by atoms with Crippen LogP contribution in [0.4, 0.5) is 0 Å². The molecule has 0 aliphatic heterocycles. The Balaban J connectivity index is 3.34. The minimum absolute atomic E-state index is 0.0506. The Morgan fingerprint density at radius 2 is 1.88 bits per heavy atom. The maximum Gasteiger partial charge on any atom is 0.358 e. The van der Waals surface area contributed by atoms with Gasteiger partial charge in [-0.1, -0.05) is 0 Å². The van der Waals surface area contributed by atoms with Crippen molar-refractivity contribution in [3.05, 3.63) is 17.5 Å². The predicted octanol–water partition coefficient (Wildman–Crippen LogP) is 0.787. The molecule has 0 atom stereocenters. The fourth-order valence-electron chi connectivity index (χ4n) is 1.45. The third kappa shape index (κ3) is 1.86. The topological polar surface area (TPSA) is 77.8 Å². The van der Waals surface area contributed by atoms with Crippen molar-refractivity contribution < 1.29 is 24.2 Å². The molecule has 6 heteroatoms. The summed E-state index contributed by atoms with van der Waals surface area (Å²) >= 11 is 0. The molecule has 1 N–H and O–H groups in total. The molecule has 6 nitrogen and oxygen atoms in total. The molecule has 0 bridgehead atoms. The van der Waals surface area contributed by atoms with Crippen LogP contribution in [-0.2, 0) is 16.0 Å². The van der Waals surface area contributed by atoms with Gasteiger partial charge in [-0.25, -0.2) is 9.59 Å². The quantitative estimate of drug-likeness (QED) is 0.772. The lowest BCUT2D eigenvalue weighted by Crippen LogP contribution is -2.15. The van der Waals surface area contributed by atoms with Crippen molar-refractivity contribution >= 4 is 11.9 Å². The summed E-state index contributed by atoms with van der Waals surface area (Å²) < 4.78 is 10.4. The zero-order valence-electron chi connectivity index (χ0n) is 9.31. The maximum atomic E-state index is 11.4. The van der Waals surface area contributed by atoms with Crippen LogP contribution < -0.4 is 0 Å². The highest BCUT2D eigenvalue weighted by Gasteiger charge is 2.24. The monoisotopic (exact) mass is 227 g/mol. The molecule has 0 saturated carbocycles. The van der Waals surface area contributed by atoms with Gasteiger partial charge in [0.25, 0.3) is 0 Å². The molecule has 0 spiro atoms. The number of aromatic hydroxyl groups is 1. The first kappa shape index (κ1) is 12.1. The van der Waals surface area contributed by atoms with Crippen LogP contribution in [0.25, 0.3) is 0 Å². The minimum atomic E-state index is -0.700. The highest BCUT2D eigenvalue weighted by atomic mass is 16.5. The van der Waals surface area contributed by atoms with Crippen molar-refractivity contribution in [2.75, 3.05) is 14.2 Å². The van der Waals surface area contributed by atoms with Gasteiger partial charge < -0.3 is 19.1 Å². The number of aromatic nitrogens is 1. The normalized spacial score (nSPS) is 9.94. The molecule has 1 aromatic heterocycles. The fraction of sp³-hybridized carbons (Fsp3) is 0.400. The van der Waals surface area contributed by atoms with Gasteiger partial charge in [0.1, 0.15) is 11.4 Å². The van der Waals surface area contributed by atoms with E-state index in [9.17, 15) is 14.7 Å². The second kappa shape index (κ2) is 4.69. The molecule has 0 radical (unpaired) electrons. The Hall–Kier alpha value is -1.98. The molecule has 1 rings (SSSR count). The first-order valence-electron chi connectivity index (χ1n) is 4.65. The van der Waals surface area contributed by atoms with Crippen LogP contribution in [0.2, 0.25) is 0 Å². The lowest BCUT2D eigenvalue weighted by molar-refractivity contribution is 0.0576. The summed E-state index contributed by atoms with van der Waals surface area (Å²) in [4.78, 5) is 22.7. The zero-order chi connectivity index (χ0) is 12.3. The van der Waals surface area contributed by atoms with E-state index in [1.54, 1.807) is 6.92 Å². The highest BCUT2D eigenvalue weighted by Crippen LogP contribution is 2.24. The summed E-state index contributed by atoms with van der Waals surface area (Å²) in [5.41, 5.74) is 0.0632. The first-order valence-corrected chi connectivity index (χ1v) is 4.65. The average Bonchev–Trinajstić information content (AvgIpc) is 2.63. The fourth-order valence-corrected chi connectivity index (χ4v) is 1.45. The van der Waals surface area contributed by atoms with E-state index in [0.717, 1.165) is 0 Å². The van der Waals surface area contributed by atoms with Crippen molar-refractivity contribution in [1.29, 1.82) is 0 Å². The summed E-state index contributed by atoms with van der Waals surface area (Å²) in [7, 11) is 2.43. The van der Waals surface area contributed by atoms with Crippen LogP contribution in [0.3, 0.4) is 0 Å². The van der Waals surface area contributed by atoms with Crippen LogP contribution in [0, 0.1) is 0 Å². The molecule has 0 aliphatic carbocycles. The van der Waals surface area contributed by atoms with Crippen molar-refractivity contribution in [2.45, 2.75) is 13.5 Å². The van der Waals surface area contributed by atoms with Gasteiger partial charge in [-0.15, -0.1) is 0 Å². The van der Waals surface area contributed by atoms with E-state index < -0.39 is 11.9 Å². The maximum absolute atomic E-state index is 11.4. The number of methoxy groups -OCH3 is 2. The molecular weight excluding hydrogens is 214 g/mol. The molecule has 1 aromatic rings. The van der Waals surface area contributed by atoms with Gasteiger partial charge in [-0.3, -0.25) is 0 Å². The third-order valence-electron chi connectivity index (χ3n) is 2.17. The summed E-state index contributed by atoms with van der Waals surface area (Å²) in [5.74, 6) is -1.61. The largest absolute Gasteiger partial charge is 0.505 e. The Morgan fingerprint density at radius 1 is 1.31 bits per heavy atom. The molecule has 0 aromatic carbocycles. The van der Waals surface area contributed by atoms with Gasteiger partial charge >= 0.3 is 11.9 Å². The Bertz CT molecular complexity index is 421. The van der Waals surface area contributed by atoms with Crippen LogP contribution in [0.15, 0.2) is 6.07 Å². The second-order valence-corrected chi connectivity index (χ2v) is 2.99. The number of rotatable bonds is 3. The number of hydrogen-bond acceptors (Lipinski definition) is 5. The van der Waals surface area contributed by atoms with E-state index in [1.807, 2.05) is 0 Å². The van der Waals surface area contributed by atoms with E-state index in [-0.39, 0.29) is 17.1 Å². The van der Waals surface area contributed by atoms with Crippen molar-refractivity contribution in [3.63, 3.8) is 0 Å². The molecule has 0 aliphatic rings. The molecule has 0 amide bonds. The summed E-state index contributed by atoms with van der Waals surface area (Å²) in [6.45, 7) is 2.08. The van der Waals surface area contributed by atoms with Crippen molar-refractivity contribution in [2.24, 2.45) is 0 Å². The van der Waals surface area contributed by atoms with Gasteiger partial charge in [-0.2, -0.15) is 0 Å². The molecular formula is C10H13NO5. The number of nitrogens with zero attached hydrogens (tertiary/aromatic N) is 1. The number of hydrogen-bond donors (Lipinski definition) is 1. The third-order valence-corrected chi connectivity index (χ3v) is 2.17. The predicted molar refractivity (Wildman–Crippen MR) is 54.4 cm³/mol. The number of ether oxygens (including phenoxy) is 2. The molecule has 1 heterocycles. The number of carbonyl (C=O) groups excluding carboxylic acids is 2. The molecule has 0 saturated heterocycles. The van der Waals surface area contributed by atoms with Gasteiger partial charge in [0.2, 0.25) is 0 Å². The number of esters is 2. The molecule has 88 valence electrons. The second-order valence-electron chi connectivity index (χ2n) is 2.99. The molecule has 16 heavy (non-hydrogen) atoms. The lowest BCUT2D eigenvalue weighted by Gasteiger charge is -2.07. The van der Waals surface area contributed by atoms with Crippen molar-refractivity contribution in [3.8, 4) is 5.75 Å². The summed E-state index contributed by atoms with van der Waals surface area (Å²) in [6.07, 6.45) is 0. The first-order chi connectivity index (χ1) is 7.56. The molecule has 0 unspecified atom stereocenters. The van der Waals surface area contributed by atoms with E-state index in [2.05, 4.69) is 9.47 Å². The zero-order valence-corrected chi connectivity index (χ0v) is 9.31. The standard InChI is InChI=1S/C10H13NO5/c1-4-11-6(9(13)15-2)5-7(12)8(11)10(14)16-3/h5,12H,4H2,1-3H3. The van der Waals surface area contributed by atoms with Crippen LogP contribution in [-0.4, -0.2) is 35.8 Å². The van der Waals surface area contributed by atoms with E-state index in [0.29, 0.717) is 6.54 Å². The summed E-state index contributed by atoms with van der Waals surface area (Å²) in [5, 5.41) is 9.56. The van der Waals surface area contributed by atoms with Gasteiger partial charge in [0.15, 0.2) is 5.69 Å². The Kier molecular flexibility index (Phi) is 3.55. The van der Waals surface area contributed by atoms with Crippen LogP contribution in [0.5, 0.6) is 5.75 Å². The van der Waals surface area contributed by atoms with Crippen LogP contribution >= 0.6 is 0 Å². The minimum Gasteiger partial charge on any atom is -0.505 e. The Morgan fingerprint density at radius 3 is 2.31 bits per heavy atom. The van der Waals surface area contributed by atoms with E-state index in [4.69, 9.17) is 0 Å². The average molecular weight is 227 g/mol. The molecule has 0 fully saturated rings. The smallest absolute Gasteiger partial charge is 0.358 e. The van der Waals surface area contributed by atoms with Gasteiger partial charge in [0, 0.05) is 12.6 Å². The SMILES string of the molecule is CCn1c(C(=O)OC)cc(O)c1C(=O)OC. The lowest BCUT2D eigenvalue weighted by atomic mass is 10.4. The summed E-state index contributed by atoms with van der Waals surface area (Å²) in [6, 6.07) is 1.18. The van der Waals surface area contributed by atoms with Gasteiger partial charge in [-0.05, 0) is 6.92 Å². The Labute approximate surface area is 92.4 Å². The number of carbonyl (C=O) groups is 2. The highest BCUT2D eigenvalue weighted by molar-refractivity contribution is 5.96.